The first-order valence-electron chi connectivity index (χ1n) is 9.89. The van der Waals surface area contributed by atoms with Crippen LogP contribution in [-0.4, -0.2) is 16.1 Å². The normalized spacial score (nSPS) is 18.1. The van der Waals surface area contributed by atoms with Crippen molar-refractivity contribution in [2.45, 2.75) is 10.3 Å². The minimum atomic E-state index is -1.34. The maximum atomic E-state index is 14.0. The summed E-state index contributed by atoms with van der Waals surface area (Å²) in [6, 6.07) is 10.8. The zero-order valence-electron chi connectivity index (χ0n) is 17.3. The Morgan fingerprint density at radius 3 is 2.31 bits per heavy atom. The molecule has 3 aromatic carbocycles. The minimum absolute atomic E-state index is 0.0373. The monoisotopic (exact) mass is 621 g/mol. The van der Waals surface area contributed by atoms with Crippen molar-refractivity contribution in [1.82, 2.24) is 0 Å². The quantitative estimate of drug-likeness (QED) is 0.205. The van der Waals surface area contributed by atoms with E-state index in [-0.39, 0.29) is 27.6 Å². The Bertz CT molecular complexity index is 1370. The average Bonchev–Trinajstić information content (AvgIpc) is 3.37. The highest BCUT2D eigenvalue weighted by Crippen LogP contribution is 2.65. The van der Waals surface area contributed by atoms with Crippen LogP contribution in [0.2, 0.25) is 10.0 Å². The number of carbonyl (C=O) groups is 2. The van der Waals surface area contributed by atoms with Gasteiger partial charge in [0.05, 0.1) is 32.9 Å². The van der Waals surface area contributed by atoms with Crippen LogP contribution in [0.1, 0.15) is 21.8 Å². The zero-order valence-corrected chi connectivity index (χ0v) is 21.9. The lowest BCUT2D eigenvalue weighted by Crippen LogP contribution is -2.18. The summed E-state index contributed by atoms with van der Waals surface area (Å²) < 4.78 is 26.7. The Hall–Kier alpha value is -2.10. The van der Waals surface area contributed by atoms with Gasteiger partial charge < -0.3 is 16.4 Å². The molecule has 0 saturated heterocycles. The molecule has 1 aliphatic rings. The summed E-state index contributed by atoms with van der Waals surface area (Å²) in [6.07, 6.45) is 0. The minimum Gasteiger partial charge on any atom is -0.396 e. The van der Waals surface area contributed by atoms with E-state index < -0.39 is 39.6 Å². The smallest absolute Gasteiger partial charge is 0.257 e. The summed E-state index contributed by atoms with van der Waals surface area (Å²) in [7, 11) is 0. The van der Waals surface area contributed by atoms with Crippen molar-refractivity contribution < 1.29 is 18.4 Å². The average molecular weight is 624 g/mol. The number of nitrogens with two attached hydrogens (primary N) is 1. The van der Waals surface area contributed by atoms with Gasteiger partial charge in [0.25, 0.3) is 5.91 Å². The molecular weight excluding hydrogens is 610 g/mol. The number of nitrogens with one attached hydrogen (secondary N) is 2. The number of nitrogen functional groups attached to an aromatic ring is 1. The van der Waals surface area contributed by atoms with Gasteiger partial charge >= 0.3 is 0 Å². The number of rotatable bonds is 5. The number of alkyl halides is 2. The third-order valence-electron chi connectivity index (χ3n) is 5.45. The standard InChI is InChI=1S/C23H14BrCl4F2N3O2/c24-12-5-9(1-3-14(12)26)19-20(23(19,27)28)22(35)32-10-2-4-13(25)11(6-10)21(34)33-18-8-17(31)15(29)7-16(18)30/h1-8,19-20H,31H2,(H,32,35)(H,33,34)/t19?,20-/m1/s1. The SMILES string of the molecule is Nc1cc(NC(=O)c2cc(NC(=O)[C@H]3C(c4ccc(Cl)c(Br)c4)C3(Cl)Cl)ccc2Cl)c(F)cc1F. The fourth-order valence-electron chi connectivity index (χ4n) is 3.62. The second kappa shape index (κ2) is 9.75. The van der Waals surface area contributed by atoms with Gasteiger partial charge in [0, 0.05) is 22.1 Å². The summed E-state index contributed by atoms with van der Waals surface area (Å²) in [4.78, 5) is 25.6. The number of carbonyl (C=O) groups excluding carboxylic acids is 2. The molecule has 4 N–H and O–H groups in total. The van der Waals surface area contributed by atoms with Gasteiger partial charge in [-0.15, -0.1) is 23.2 Å². The first kappa shape index (κ1) is 26.0. The molecule has 0 aliphatic heterocycles. The Morgan fingerprint density at radius 1 is 0.943 bits per heavy atom. The molecule has 0 radical (unpaired) electrons. The molecule has 12 heteroatoms. The first-order valence-corrected chi connectivity index (χ1v) is 12.2. The molecule has 1 saturated carbocycles. The summed E-state index contributed by atoms with van der Waals surface area (Å²) in [5.41, 5.74) is 5.66. The van der Waals surface area contributed by atoms with Crippen molar-refractivity contribution >= 4 is 91.2 Å². The molecule has 5 nitrogen and oxygen atoms in total. The second-order valence-electron chi connectivity index (χ2n) is 7.79. The van der Waals surface area contributed by atoms with E-state index in [9.17, 15) is 18.4 Å². The van der Waals surface area contributed by atoms with E-state index in [1.54, 1.807) is 18.2 Å². The van der Waals surface area contributed by atoms with Gasteiger partial charge in [-0.05, 0) is 57.9 Å². The van der Waals surface area contributed by atoms with Crippen LogP contribution in [0.15, 0.2) is 53.0 Å². The van der Waals surface area contributed by atoms with Crippen LogP contribution in [0.4, 0.5) is 25.8 Å². The predicted molar refractivity (Wildman–Crippen MR) is 139 cm³/mol. The van der Waals surface area contributed by atoms with Crippen LogP contribution < -0.4 is 16.4 Å². The van der Waals surface area contributed by atoms with Crippen molar-refractivity contribution in [1.29, 1.82) is 0 Å². The van der Waals surface area contributed by atoms with E-state index in [0.717, 1.165) is 11.6 Å². The lowest BCUT2D eigenvalue weighted by atomic mass is 10.1. The molecule has 4 rings (SSSR count). The summed E-state index contributed by atoms with van der Waals surface area (Å²) in [5, 5.41) is 5.50. The van der Waals surface area contributed by atoms with Gasteiger partial charge in [-0.2, -0.15) is 0 Å². The van der Waals surface area contributed by atoms with Gasteiger partial charge in [-0.3, -0.25) is 9.59 Å². The third kappa shape index (κ3) is 5.22. The molecular formula is C23H14BrCl4F2N3O2. The number of benzene rings is 3. The largest absolute Gasteiger partial charge is 0.396 e. The summed E-state index contributed by atoms with van der Waals surface area (Å²) in [6.45, 7) is 0. The molecule has 0 heterocycles. The molecule has 2 amide bonds. The van der Waals surface area contributed by atoms with Crippen LogP contribution in [0, 0.1) is 17.6 Å². The van der Waals surface area contributed by atoms with Crippen molar-refractivity contribution in [3.8, 4) is 0 Å². The Labute approximate surface area is 227 Å². The van der Waals surface area contributed by atoms with E-state index in [4.69, 9.17) is 52.1 Å². The lowest BCUT2D eigenvalue weighted by molar-refractivity contribution is -0.117. The van der Waals surface area contributed by atoms with E-state index in [1.807, 2.05) is 0 Å². The van der Waals surface area contributed by atoms with Crippen molar-refractivity contribution in [2.24, 2.45) is 5.92 Å². The van der Waals surface area contributed by atoms with E-state index >= 15 is 0 Å². The fraction of sp³-hybridized carbons (Fsp3) is 0.130. The predicted octanol–water partition coefficient (Wildman–Crippen LogP) is 7.39. The molecule has 0 spiro atoms. The molecule has 2 atom stereocenters. The first-order chi connectivity index (χ1) is 16.4. The zero-order chi connectivity index (χ0) is 25.7. The fourth-order valence-corrected chi connectivity index (χ4v) is 5.17. The van der Waals surface area contributed by atoms with Crippen LogP contribution in [0.25, 0.3) is 0 Å². The number of amides is 2. The van der Waals surface area contributed by atoms with Crippen molar-refractivity contribution in [3.05, 3.63) is 85.8 Å². The highest BCUT2D eigenvalue weighted by molar-refractivity contribution is 9.10. The third-order valence-corrected chi connectivity index (χ3v) is 7.94. The number of anilines is 3. The molecule has 3 aromatic rings. The van der Waals surface area contributed by atoms with E-state index in [2.05, 4.69) is 26.6 Å². The molecule has 182 valence electrons. The maximum Gasteiger partial charge on any atom is 0.257 e. The Morgan fingerprint density at radius 2 is 1.63 bits per heavy atom. The van der Waals surface area contributed by atoms with Crippen molar-refractivity contribution in [3.63, 3.8) is 0 Å². The molecule has 1 unspecified atom stereocenters. The van der Waals surface area contributed by atoms with Crippen molar-refractivity contribution in [2.75, 3.05) is 16.4 Å². The Kier molecular flexibility index (Phi) is 7.23. The summed E-state index contributed by atoms with van der Waals surface area (Å²) >= 11 is 28.3. The topological polar surface area (TPSA) is 84.2 Å². The van der Waals surface area contributed by atoms with Crippen LogP contribution in [-0.2, 0) is 4.79 Å². The molecule has 0 bridgehead atoms. The van der Waals surface area contributed by atoms with Crippen LogP contribution >= 0.6 is 62.3 Å². The highest BCUT2D eigenvalue weighted by atomic mass is 79.9. The molecule has 1 aliphatic carbocycles. The molecule has 0 aromatic heterocycles. The van der Waals surface area contributed by atoms with Gasteiger partial charge in [0.15, 0.2) is 0 Å². The van der Waals surface area contributed by atoms with E-state index in [0.29, 0.717) is 15.6 Å². The molecule has 35 heavy (non-hydrogen) atoms. The Balaban J connectivity index is 1.52. The summed E-state index contributed by atoms with van der Waals surface area (Å²) in [5.74, 6) is -4.50. The van der Waals surface area contributed by atoms with Gasteiger partial charge in [0.2, 0.25) is 5.91 Å². The van der Waals surface area contributed by atoms with Crippen LogP contribution in [0.3, 0.4) is 0 Å². The number of hydrogen-bond donors (Lipinski definition) is 3. The molecule has 1 fully saturated rings. The number of hydrogen-bond acceptors (Lipinski definition) is 3. The lowest BCUT2D eigenvalue weighted by Gasteiger charge is -2.11. The maximum absolute atomic E-state index is 14.0. The van der Waals surface area contributed by atoms with Crippen LogP contribution in [0.5, 0.6) is 0 Å². The number of halogens is 7. The van der Waals surface area contributed by atoms with Gasteiger partial charge in [-0.1, -0.05) is 29.3 Å². The van der Waals surface area contributed by atoms with Gasteiger partial charge in [-0.25, -0.2) is 8.78 Å². The highest BCUT2D eigenvalue weighted by Gasteiger charge is 2.67. The second-order valence-corrected chi connectivity index (χ2v) is 10.9. The van der Waals surface area contributed by atoms with E-state index in [1.165, 1.54) is 18.2 Å². The van der Waals surface area contributed by atoms with Gasteiger partial charge in [0.1, 0.15) is 16.0 Å².